The van der Waals surface area contributed by atoms with Crippen LogP contribution in [0.1, 0.15) is 15.9 Å². The number of nitrogens with one attached hydrogen (secondary N) is 1. The van der Waals surface area contributed by atoms with Gasteiger partial charge in [0, 0.05) is 28.1 Å². The van der Waals surface area contributed by atoms with E-state index < -0.39 is 43.5 Å². The Morgan fingerprint density at radius 2 is 1.93 bits per heavy atom. The Balaban J connectivity index is 2.41. The highest BCUT2D eigenvalue weighted by Crippen LogP contribution is 2.37. The number of nitrogens with zero attached hydrogens (tertiary/aromatic N) is 1. The maximum Gasteiger partial charge on any atom is 0.416 e. The molecule has 0 aliphatic rings. The van der Waals surface area contributed by atoms with E-state index in [1.54, 1.807) is 0 Å². The number of carbonyl (C=O) groups excluding carboxylic acids is 1. The standard InChI is InChI=1S/C16H12ClF3N2O5S/c1-28(2,26)21-15(23)11-8-10(4-5-13(11)22(24)25)27-14-6-3-9(7-12(14)17)16(18,19)20/h3-8H,1H2,2H3,(H,21,23,26). The summed E-state index contributed by atoms with van der Waals surface area (Å²) in [7, 11) is -3.00. The lowest BCUT2D eigenvalue weighted by atomic mass is 10.1. The molecule has 0 spiro atoms. The van der Waals surface area contributed by atoms with Crippen molar-refractivity contribution in [2.75, 3.05) is 6.26 Å². The fourth-order valence-corrected chi connectivity index (χ4v) is 2.78. The SMILES string of the molecule is C=S(C)(=O)NC(=O)c1cc(Oc2ccc(C(F)(F)F)cc2Cl)ccc1[N+](=O)[O-]. The third kappa shape index (κ3) is 5.36. The second-order valence-electron chi connectivity index (χ2n) is 5.62. The van der Waals surface area contributed by atoms with Crippen LogP contribution in [0.25, 0.3) is 0 Å². The van der Waals surface area contributed by atoms with Crippen LogP contribution >= 0.6 is 11.6 Å². The summed E-state index contributed by atoms with van der Waals surface area (Å²) >= 11 is 5.80. The van der Waals surface area contributed by atoms with Gasteiger partial charge >= 0.3 is 6.18 Å². The lowest BCUT2D eigenvalue weighted by Gasteiger charge is -2.12. The van der Waals surface area contributed by atoms with Gasteiger partial charge in [0.1, 0.15) is 17.1 Å². The van der Waals surface area contributed by atoms with Crippen LogP contribution in [0, 0.1) is 10.1 Å². The van der Waals surface area contributed by atoms with Crippen LogP contribution in [0.3, 0.4) is 0 Å². The number of ether oxygens (including phenoxy) is 1. The fraction of sp³-hybridized carbons (Fsp3) is 0.125. The number of carbonyl (C=O) groups is 1. The number of nitro groups is 1. The van der Waals surface area contributed by atoms with Gasteiger partial charge in [-0.25, -0.2) is 4.21 Å². The van der Waals surface area contributed by atoms with Gasteiger partial charge in [-0.1, -0.05) is 11.6 Å². The van der Waals surface area contributed by atoms with E-state index in [0.29, 0.717) is 6.07 Å². The molecule has 12 heteroatoms. The summed E-state index contributed by atoms with van der Waals surface area (Å²) < 4.78 is 57.1. The van der Waals surface area contributed by atoms with Gasteiger partial charge in [0.2, 0.25) is 0 Å². The zero-order chi connectivity index (χ0) is 21.3. The van der Waals surface area contributed by atoms with E-state index in [0.717, 1.165) is 36.6 Å². The number of rotatable bonds is 5. The minimum absolute atomic E-state index is 0.107. The van der Waals surface area contributed by atoms with E-state index in [2.05, 4.69) is 5.87 Å². The molecule has 0 heterocycles. The summed E-state index contributed by atoms with van der Waals surface area (Å²) in [6.07, 6.45) is -3.47. The van der Waals surface area contributed by atoms with E-state index in [-0.39, 0.29) is 16.5 Å². The molecule has 1 N–H and O–H groups in total. The molecule has 0 radical (unpaired) electrons. The van der Waals surface area contributed by atoms with Crippen LogP contribution in [0.5, 0.6) is 11.5 Å². The first-order valence-electron chi connectivity index (χ1n) is 7.25. The van der Waals surface area contributed by atoms with Crippen LogP contribution in [0.2, 0.25) is 5.02 Å². The first-order chi connectivity index (χ1) is 12.8. The zero-order valence-electron chi connectivity index (χ0n) is 14.1. The highest BCUT2D eigenvalue weighted by atomic mass is 35.5. The van der Waals surface area contributed by atoms with Crippen molar-refractivity contribution in [3.63, 3.8) is 0 Å². The topological polar surface area (TPSA) is 98.5 Å². The van der Waals surface area contributed by atoms with Gasteiger partial charge in [-0.15, -0.1) is 0 Å². The van der Waals surface area contributed by atoms with E-state index in [4.69, 9.17) is 16.3 Å². The lowest BCUT2D eigenvalue weighted by Crippen LogP contribution is -2.29. The normalized spacial score (nSPS) is 13.5. The van der Waals surface area contributed by atoms with Crippen LogP contribution in [0.4, 0.5) is 18.9 Å². The monoisotopic (exact) mass is 436 g/mol. The molecule has 2 rings (SSSR count). The van der Waals surface area contributed by atoms with Crippen LogP contribution in [-0.2, 0) is 15.9 Å². The molecule has 0 aromatic heterocycles. The lowest BCUT2D eigenvalue weighted by molar-refractivity contribution is -0.385. The average molecular weight is 437 g/mol. The van der Waals surface area contributed by atoms with E-state index in [9.17, 15) is 32.3 Å². The maximum atomic E-state index is 12.7. The van der Waals surface area contributed by atoms with Gasteiger partial charge in [0.25, 0.3) is 11.6 Å². The molecule has 0 saturated heterocycles. The summed E-state index contributed by atoms with van der Waals surface area (Å²) in [5.74, 6) is 1.93. The first-order valence-corrected chi connectivity index (χ1v) is 9.76. The second-order valence-corrected chi connectivity index (χ2v) is 8.24. The smallest absolute Gasteiger partial charge is 0.416 e. The summed E-state index contributed by atoms with van der Waals surface area (Å²) in [5, 5.41) is 10.8. The van der Waals surface area contributed by atoms with Crippen molar-refractivity contribution in [2.45, 2.75) is 6.18 Å². The quantitative estimate of drug-likeness (QED) is 0.433. The molecule has 0 bridgehead atoms. The number of nitro benzene ring substituents is 1. The number of hydrogen-bond acceptors (Lipinski definition) is 5. The average Bonchev–Trinajstić information content (AvgIpc) is 2.54. The molecule has 0 aliphatic carbocycles. The molecule has 7 nitrogen and oxygen atoms in total. The molecule has 0 aliphatic heterocycles. The molecule has 2 aromatic carbocycles. The van der Waals surface area contributed by atoms with Gasteiger partial charge in [0.15, 0.2) is 0 Å². The van der Waals surface area contributed by atoms with Crippen molar-refractivity contribution in [2.24, 2.45) is 0 Å². The van der Waals surface area contributed by atoms with E-state index in [1.807, 2.05) is 4.72 Å². The minimum atomic E-state index is -4.59. The number of amides is 1. The molecular weight excluding hydrogens is 425 g/mol. The van der Waals surface area contributed by atoms with E-state index >= 15 is 0 Å². The highest BCUT2D eigenvalue weighted by Gasteiger charge is 2.31. The number of alkyl halides is 3. The van der Waals surface area contributed by atoms with Gasteiger partial charge in [0.05, 0.1) is 15.5 Å². The predicted octanol–water partition coefficient (Wildman–Crippen LogP) is 4.05. The Bertz CT molecular complexity index is 1050. The van der Waals surface area contributed by atoms with Crippen molar-refractivity contribution < 1.29 is 31.8 Å². The van der Waals surface area contributed by atoms with Crippen LogP contribution < -0.4 is 9.46 Å². The maximum absolute atomic E-state index is 12.7. The van der Waals surface area contributed by atoms with Crippen molar-refractivity contribution >= 4 is 38.8 Å². The van der Waals surface area contributed by atoms with Gasteiger partial charge in [-0.2, -0.15) is 13.2 Å². The molecule has 1 unspecified atom stereocenters. The third-order valence-corrected chi connectivity index (χ3v) is 4.12. The molecule has 150 valence electrons. The zero-order valence-corrected chi connectivity index (χ0v) is 15.7. The molecule has 1 atom stereocenters. The predicted molar refractivity (Wildman–Crippen MR) is 98.3 cm³/mol. The van der Waals surface area contributed by atoms with Crippen molar-refractivity contribution in [1.82, 2.24) is 4.72 Å². The molecule has 0 saturated carbocycles. The summed E-state index contributed by atoms with van der Waals surface area (Å²) in [4.78, 5) is 22.5. The number of benzene rings is 2. The Morgan fingerprint density at radius 3 is 2.43 bits per heavy atom. The summed E-state index contributed by atoms with van der Waals surface area (Å²) in [5.41, 5.74) is -2.04. The Hall–Kier alpha value is -2.79. The van der Waals surface area contributed by atoms with Gasteiger partial charge in [-0.05, 0) is 30.1 Å². The van der Waals surface area contributed by atoms with Crippen LogP contribution in [0.15, 0.2) is 36.4 Å². The minimum Gasteiger partial charge on any atom is -0.456 e. The largest absolute Gasteiger partial charge is 0.456 e. The van der Waals surface area contributed by atoms with Crippen molar-refractivity contribution in [1.29, 1.82) is 0 Å². The second kappa shape index (κ2) is 7.68. The number of halogens is 4. The summed E-state index contributed by atoms with van der Waals surface area (Å²) in [6.45, 7) is 0. The van der Waals surface area contributed by atoms with Gasteiger partial charge in [-0.3, -0.25) is 19.6 Å². The van der Waals surface area contributed by atoms with Crippen molar-refractivity contribution in [3.05, 3.63) is 62.7 Å². The van der Waals surface area contributed by atoms with E-state index in [1.165, 1.54) is 0 Å². The first kappa shape index (κ1) is 21.5. The molecular formula is C16H12ClF3N2O5S. The molecule has 0 fully saturated rings. The Morgan fingerprint density at radius 1 is 1.29 bits per heavy atom. The number of hydrogen-bond donors (Lipinski definition) is 1. The van der Waals surface area contributed by atoms with Gasteiger partial charge < -0.3 is 4.74 Å². The third-order valence-electron chi connectivity index (χ3n) is 3.20. The molecule has 1 amide bonds. The fourth-order valence-electron chi connectivity index (χ4n) is 2.06. The van der Waals surface area contributed by atoms with Crippen LogP contribution in [-0.4, -0.2) is 27.2 Å². The summed E-state index contributed by atoms with van der Waals surface area (Å²) in [6, 6.07) is 5.45. The van der Waals surface area contributed by atoms with Crippen molar-refractivity contribution in [3.8, 4) is 11.5 Å². The Labute approximate surface area is 162 Å². The molecule has 2 aromatic rings. The highest BCUT2D eigenvalue weighted by molar-refractivity contribution is 7.98. The molecule has 28 heavy (non-hydrogen) atoms. The Kier molecular flexibility index (Phi) is 5.90.